The zero-order valence-electron chi connectivity index (χ0n) is 14.6. The lowest BCUT2D eigenvalue weighted by molar-refractivity contribution is -0.137. The lowest BCUT2D eigenvalue weighted by Crippen LogP contribution is -2.34. The van der Waals surface area contributed by atoms with Crippen molar-refractivity contribution in [1.29, 1.82) is 5.26 Å². The number of benzene rings is 1. The minimum absolute atomic E-state index is 0.0400. The van der Waals surface area contributed by atoms with Gasteiger partial charge in [0.15, 0.2) is 0 Å². The van der Waals surface area contributed by atoms with Crippen LogP contribution in [-0.4, -0.2) is 41.6 Å². The van der Waals surface area contributed by atoms with Crippen molar-refractivity contribution in [2.24, 2.45) is 0 Å². The molecule has 142 valence electrons. The largest absolute Gasteiger partial charge is 0.416 e. The number of likely N-dealkylation sites (tertiary alicyclic amines) is 1. The third kappa shape index (κ3) is 4.31. The second-order valence-corrected chi connectivity index (χ2v) is 6.41. The summed E-state index contributed by atoms with van der Waals surface area (Å²) >= 11 is 0. The van der Waals surface area contributed by atoms with E-state index in [4.69, 9.17) is 0 Å². The van der Waals surface area contributed by atoms with Crippen molar-refractivity contribution in [3.63, 3.8) is 0 Å². The predicted octanol–water partition coefficient (Wildman–Crippen LogP) is 3.19. The van der Waals surface area contributed by atoms with Crippen LogP contribution in [-0.2, 0) is 6.18 Å². The van der Waals surface area contributed by atoms with Gasteiger partial charge in [0.25, 0.3) is 5.91 Å². The number of hydrogen-bond donors (Lipinski definition) is 1. The number of alkyl halides is 3. The first-order chi connectivity index (χ1) is 12.9. The van der Waals surface area contributed by atoms with Crippen molar-refractivity contribution in [1.82, 2.24) is 14.8 Å². The summed E-state index contributed by atoms with van der Waals surface area (Å²) in [6.07, 6.45) is -0.765. The van der Waals surface area contributed by atoms with Crippen LogP contribution in [0, 0.1) is 11.3 Å². The summed E-state index contributed by atoms with van der Waals surface area (Å²) in [7, 11) is 0. The molecule has 0 aliphatic carbocycles. The average Bonchev–Trinajstić information content (AvgIpc) is 3.30. The number of rotatable bonds is 5. The van der Waals surface area contributed by atoms with Gasteiger partial charge < -0.3 is 14.8 Å². The molecule has 8 heteroatoms. The van der Waals surface area contributed by atoms with E-state index in [-0.39, 0.29) is 16.9 Å². The highest BCUT2D eigenvalue weighted by atomic mass is 19.4. The number of aromatic nitrogens is 1. The van der Waals surface area contributed by atoms with Crippen molar-refractivity contribution < 1.29 is 18.0 Å². The Balaban J connectivity index is 1.82. The van der Waals surface area contributed by atoms with E-state index in [1.54, 1.807) is 0 Å². The average molecular weight is 376 g/mol. The Labute approximate surface area is 155 Å². The summed E-state index contributed by atoms with van der Waals surface area (Å²) in [6.45, 7) is 3.12. The zero-order valence-corrected chi connectivity index (χ0v) is 14.6. The van der Waals surface area contributed by atoms with E-state index in [9.17, 15) is 23.2 Å². The summed E-state index contributed by atoms with van der Waals surface area (Å²) in [6, 6.07) is 8.03. The highest BCUT2D eigenvalue weighted by molar-refractivity contribution is 5.95. The molecule has 1 fully saturated rings. The van der Waals surface area contributed by atoms with Crippen LogP contribution in [0.5, 0.6) is 0 Å². The van der Waals surface area contributed by atoms with Gasteiger partial charge in [-0.3, -0.25) is 4.79 Å². The SMILES string of the molecule is N#Cc1ccn(-c2cccc(C(F)(F)F)c2)c1C(=O)NCCN1CCCC1. The van der Waals surface area contributed by atoms with Gasteiger partial charge in [-0.05, 0) is 50.2 Å². The van der Waals surface area contributed by atoms with Gasteiger partial charge in [0, 0.05) is 25.0 Å². The lowest BCUT2D eigenvalue weighted by atomic mass is 10.2. The van der Waals surface area contributed by atoms with Gasteiger partial charge in [0.2, 0.25) is 0 Å². The molecular formula is C19H19F3N4O. The lowest BCUT2D eigenvalue weighted by Gasteiger charge is -2.16. The smallest absolute Gasteiger partial charge is 0.349 e. The summed E-state index contributed by atoms with van der Waals surface area (Å²) in [5.74, 6) is -0.479. The molecule has 0 atom stereocenters. The van der Waals surface area contributed by atoms with Crippen molar-refractivity contribution in [2.75, 3.05) is 26.2 Å². The minimum Gasteiger partial charge on any atom is -0.349 e. The van der Waals surface area contributed by atoms with Crippen molar-refractivity contribution >= 4 is 5.91 Å². The fourth-order valence-corrected chi connectivity index (χ4v) is 3.22. The molecule has 3 rings (SSSR count). The maximum absolute atomic E-state index is 13.0. The molecule has 1 N–H and O–H groups in total. The molecular weight excluding hydrogens is 357 g/mol. The first-order valence-corrected chi connectivity index (χ1v) is 8.70. The van der Waals surface area contributed by atoms with Crippen LogP contribution >= 0.6 is 0 Å². The number of amides is 1. The number of halogens is 3. The number of hydrogen-bond acceptors (Lipinski definition) is 3. The third-order valence-corrected chi connectivity index (χ3v) is 4.59. The van der Waals surface area contributed by atoms with Crippen molar-refractivity contribution in [3.8, 4) is 11.8 Å². The molecule has 0 radical (unpaired) electrons. The Kier molecular flexibility index (Phi) is 5.51. The Morgan fingerprint density at radius 3 is 2.63 bits per heavy atom. The Morgan fingerprint density at radius 1 is 1.22 bits per heavy atom. The quantitative estimate of drug-likeness (QED) is 0.872. The first-order valence-electron chi connectivity index (χ1n) is 8.70. The van der Waals surface area contributed by atoms with Gasteiger partial charge >= 0.3 is 6.18 Å². The van der Waals surface area contributed by atoms with Crippen molar-refractivity contribution in [3.05, 3.63) is 53.3 Å². The van der Waals surface area contributed by atoms with Gasteiger partial charge in [-0.15, -0.1) is 0 Å². The van der Waals surface area contributed by atoms with E-state index in [1.165, 1.54) is 29.0 Å². The van der Waals surface area contributed by atoms with Gasteiger partial charge in [-0.1, -0.05) is 6.07 Å². The predicted molar refractivity (Wildman–Crippen MR) is 93.5 cm³/mol. The number of carbonyl (C=O) groups is 1. The molecule has 5 nitrogen and oxygen atoms in total. The van der Waals surface area contributed by atoms with Gasteiger partial charge in [0.1, 0.15) is 11.8 Å². The third-order valence-electron chi connectivity index (χ3n) is 4.59. The number of nitrogens with zero attached hydrogens (tertiary/aromatic N) is 3. The molecule has 0 spiro atoms. The van der Waals surface area contributed by atoms with Crippen LogP contribution in [0.2, 0.25) is 0 Å². The molecule has 27 heavy (non-hydrogen) atoms. The van der Waals surface area contributed by atoms with Gasteiger partial charge in [0.05, 0.1) is 11.1 Å². The minimum atomic E-state index is -4.49. The monoisotopic (exact) mass is 376 g/mol. The van der Waals surface area contributed by atoms with Crippen LogP contribution in [0.3, 0.4) is 0 Å². The highest BCUT2D eigenvalue weighted by Gasteiger charge is 2.31. The van der Waals surface area contributed by atoms with Crippen LogP contribution in [0.4, 0.5) is 13.2 Å². The Hall–Kier alpha value is -2.79. The van der Waals surface area contributed by atoms with Crippen LogP contribution in [0.1, 0.15) is 34.5 Å². The maximum Gasteiger partial charge on any atom is 0.416 e. The molecule has 1 aliphatic heterocycles. The summed E-state index contributed by atoms with van der Waals surface area (Å²) in [5.41, 5.74) is -0.479. The number of nitriles is 1. The number of nitrogens with one attached hydrogen (secondary N) is 1. The Morgan fingerprint density at radius 2 is 1.96 bits per heavy atom. The zero-order chi connectivity index (χ0) is 19.4. The maximum atomic E-state index is 13.0. The van der Waals surface area contributed by atoms with Crippen LogP contribution in [0.25, 0.3) is 5.69 Å². The molecule has 1 aromatic heterocycles. The molecule has 1 amide bonds. The molecule has 1 aliphatic rings. The van der Waals surface area contributed by atoms with E-state index >= 15 is 0 Å². The molecule has 0 bridgehead atoms. The molecule has 1 saturated heterocycles. The van der Waals surface area contributed by atoms with Crippen LogP contribution < -0.4 is 5.32 Å². The fraction of sp³-hybridized carbons (Fsp3) is 0.368. The molecule has 1 aromatic carbocycles. The van der Waals surface area contributed by atoms with E-state index in [0.717, 1.165) is 38.1 Å². The second kappa shape index (κ2) is 7.84. The first kappa shape index (κ1) is 19.0. The molecule has 0 saturated carbocycles. The normalized spacial score (nSPS) is 14.9. The summed E-state index contributed by atoms with van der Waals surface area (Å²) in [4.78, 5) is 14.8. The van der Waals surface area contributed by atoms with Gasteiger partial charge in [-0.2, -0.15) is 18.4 Å². The second-order valence-electron chi connectivity index (χ2n) is 6.41. The van der Waals surface area contributed by atoms with E-state index in [0.29, 0.717) is 13.1 Å². The summed E-state index contributed by atoms with van der Waals surface area (Å²) in [5, 5.41) is 12.0. The van der Waals surface area contributed by atoms with Gasteiger partial charge in [-0.25, -0.2) is 0 Å². The fourth-order valence-electron chi connectivity index (χ4n) is 3.22. The van der Waals surface area contributed by atoms with E-state index < -0.39 is 17.6 Å². The molecule has 2 heterocycles. The van der Waals surface area contributed by atoms with Crippen molar-refractivity contribution in [2.45, 2.75) is 19.0 Å². The number of carbonyl (C=O) groups excluding carboxylic acids is 1. The van der Waals surface area contributed by atoms with E-state index in [1.807, 2.05) is 6.07 Å². The topological polar surface area (TPSA) is 61.1 Å². The standard InChI is InChI=1S/C19H19F3N4O/c20-19(21,22)15-4-3-5-16(12-15)26-10-6-14(13-23)17(26)18(27)24-7-11-25-8-1-2-9-25/h3-6,10,12H,1-2,7-9,11H2,(H,24,27). The highest BCUT2D eigenvalue weighted by Crippen LogP contribution is 2.31. The Bertz CT molecular complexity index is 861. The molecule has 2 aromatic rings. The van der Waals surface area contributed by atoms with E-state index in [2.05, 4.69) is 10.2 Å². The molecule has 0 unspecified atom stereocenters. The van der Waals surface area contributed by atoms with Crippen LogP contribution in [0.15, 0.2) is 36.5 Å². The summed E-state index contributed by atoms with van der Waals surface area (Å²) < 4.78 is 40.3.